The van der Waals surface area contributed by atoms with E-state index in [9.17, 15) is 8.42 Å². The van der Waals surface area contributed by atoms with Gasteiger partial charge in [0, 0.05) is 18.7 Å². The minimum Gasteiger partial charge on any atom is -0.331 e. The van der Waals surface area contributed by atoms with Crippen molar-refractivity contribution >= 4 is 10.0 Å². The molecule has 0 amide bonds. The molecule has 0 aliphatic carbocycles. The maximum absolute atomic E-state index is 11.1. The smallest absolute Gasteiger partial charge is 0.257 e. The Morgan fingerprint density at radius 1 is 1.64 bits per heavy atom. The lowest BCUT2D eigenvalue weighted by molar-refractivity contribution is 0.425. The SMILES string of the molecule is CC1CCCc2nc(S(N)(=O)=O)cn21. The van der Waals surface area contributed by atoms with E-state index in [1.54, 1.807) is 0 Å². The number of imidazole rings is 1. The molecule has 14 heavy (non-hydrogen) atoms. The summed E-state index contributed by atoms with van der Waals surface area (Å²) in [4.78, 5) is 4.02. The standard InChI is InChI=1S/C8H13N3O2S/c1-6-3-2-4-7-10-8(5-11(6)7)14(9,12)13/h5-6H,2-4H2,1H3,(H2,9,12,13). The van der Waals surface area contributed by atoms with Crippen molar-refractivity contribution in [1.82, 2.24) is 9.55 Å². The van der Waals surface area contributed by atoms with Gasteiger partial charge in [0.2, 0.25) is 0 Å². The zero-order valence-corrected chi connectivity index (χ0v) is 8.79. The third-order valence-corrected chi connectivity index (χ3v) is 3.36. The van der Waals surface area contributed by atoms with E-state index in [1.165, 1.54) is 6.20 Å². The lowest BCUT2D eigenvalue weighted by atomic mass is 10.1. The van der Waals surface area contributed by atoms with Crippen molar-refractivity contribution in [3.05, 3.63) is 12.0 Å². The third-order valence-electron chi connectivity index (χ3n) is 2.58. The first-order valence-electron chi connectivity index (χ1n) is 4.59. The van der Waals surface area contributed by atoms with Gasteiger partial charge in [0.25, 0.3) is 10.0 Å². The second-order valence-electron chi connectivity index (χ2n) is 3.69. The van der Waals surface area contributed by atoms with Gasteiger partial charge >= 0.3 is 0 Å². The van der Waals surface area contributed by atoms with E-state index in [2.05, 4.69) is 11.9 Å². The Bertz CT molecular complexity index is 449. The first-order chi connectivity index (χ1) is 6.48. The normalized spacial score (nSPS) is 22.0. The Hall–Kier alpha value is -0.880. The molecule has 1 aliphatic rings. The molecule has 0 spiro atoms. The summed E-state index contributed by atoms with van der Waals surface area (Å²) in [5.74, 6) is 0.827. The average molecular weight is 215 g/mol. The fourth-order valence-electron chi connectivity index (χ4n) is 1.81. The number of sulfonamides is 1. The highest BCUT2D eigenvalue weighted by Gasteiger charge is 2.21. The maximum Gasteiger partial charge on any atom is 0.257 e. The molecule has 2 N–H and O–H groups in total. The number of aromatic nitrogens is 2. The Balaban J connectivity index is 2.50. The molecule has 1 aromatic heterocycles. The molecule has 0 bridgehead atoms. The zero-order chi connectivity index (χ0) is 10.3. The molecule has 1 aliphatic heterocycles. The van der Waals surface area contributed by atoms with E-state index >= 15 is 0 Å². The molecular weight excluding hydrogens is 202 g/mol. The van der Waals surface area contributed by atoms with Gasteiger partial charge in [-0.15, -0.1) is 0 Å². The van der Waals surface area contributed by atoms with E-state index in [0.717, 1.165) is 25.1 Å². The predicted molar refractivity (Wildman–Crippen MR) is 51.2 cm³/mol. The molecule has 0 fully saturated rings. The van der Waals surface area contributed by atoms with Gasteiger partial charge in [-0.05, 0) is 19.8 Å². The highest BCUT2D eigenvalue weighted by molar-refractivity contribution is 7.89. The first kappa shape index (κ1) is 9.67. The molecule has 2 heterocycles. The number of primary sulfonamides is 1. The molecular formula is C8H13N3O2S. The Morgan fingerprint density at radius 3 is 2.93 bits per heavy atom. The number of aryl methyl sites for hydroxylation is 1. The minimum absolute atomic E-state index is 0.0127. The minimum atomic E-state index is -3.65. The number of rotatable bonds is 1. The number of hydrogen-bond donors (Lipinski definition) is 1. The summed E-state index contributed by atoms with van der Waals surface area (Å²) < 4.78 is 24.0. The van der Waals surface area contributed by atoms with Crippen LogP contribution in [0.2, 0.25) is 0 Å². The van der Waals surface area contributed by atoms with Crippen molar-refractivity contribution < 1.29 is 8.42 Å². The molecule has 5 nitrogen and oxygen atoms in total. The van der Waals surface area contributed by atoms with Crippen LogP contribution >= 0.6 is 0 Å². The van der Waals surface area contributed by atoms with Crippen LogP contribution in [-0.4, -0.2) is 18.0 Å². The lowest BCUT2D eigenvalue weighted by Gasteiger charge is -2.20. The van der Waals surface area contributed by atoms with Crippen LogP contribution in [0.15, 0.2) is 11.2 Å². The van der Waals surface area contributed by atoms with Gasteiger partial charge in [0.05, 0.1) is 0 Å². The molecule has 1 aromatic rings. The van der Waals surface area contributed by atoms with Gasteiger partial charge < -0.3 is 4.57 Å². The Labute approximate surface area is 83.0 Å². The fourth-order valence-corrected chi connectivity index (χ4v) is 2.30. The number of hydrogen-bond acceptors (Lipinski definition) is 3. The van der Waals surface area contributed by atoms with E-state index in [-0.39, 0.29) is 5.03 Å². The number of nitrogens with two attached hydrogens (primary N) is 1. The van der Waals surface area contributed by atoms with Crippen LogP contribution in [0.4, 0.5) is 0 Å². The average Bonchev–Trinajstić information content (AvgIpc) is 2.48. The lowest BCUT2D eigenvalue weighted by Crippen LogP contribution is -2.14. The largest absolute Gasteiger partial charge is 0.331 e. The second kappa shape index (κ2) is 3.06. The molecule has 0 saturated heterocycles. The van der Waals surface area contributed by atoms with Gasteiger partial charge in [-0.2, -0.15) is 0 Å². The summed E-state index contributed by atoms with van der Waals surface area (Å²) in [6.07, 6.45) is 4.49. The van der Waals surface area contributed by atoms with Crippen LogP contribution in [0.1, 0.15) is 31.6 Å². The fraction of sp³-hybridized carbons (Fsp3) is 0.625. The molecule has 6 heteroatoms. The Morgan fingerprint density at radius 2 is 2.36 bits per heavy atom. The molecule has 0 radical (unpaired) electrons. The van der Waals surface area contributed by atoms with E-state index in [4.69, 9.17) is 5.14 Å². The summed E-state index contributed by atoms with van der Waals surface area (Å²) in [5.41, 5.74) is 0. The molecule has 1 unspecified atom stereocenters. The summed E-state index contributed by atoms with van der Waals surface area (Å²) in [5, 5.41) is 5.00. The summed E-state index contributed by atoms with van der Waals surface area (Å²) in [6, 6.07) is 0.321. The van der Waals surface area contributed by atoms with Gasteiger partial charge in [-0.3, -0.25) is 0 Å². The van der Waals surface area contributed by atoms with Crippen molar-refractivity contribution in [2.24, 2.45) is 5.14 Å². The highest BCUT2D eigenvalue weighted by Crippen LogP contribution is 2.24. The molecule has 78 valence electrons. The van der Waals surface area contributed by atoms with Crippen molar-refractivity contribution in [3.8, 4) is 0 Å². The maximum atomic E-state index is 11.1. The summed E-state index contributed by atoms with van der Waals surface area (Å²) in [7, 11) is -3.65. The van der Waals surface area contributed by atoms with Crippen LogP contribution < -0.4 is 5.14 Å². The topological polar surface area (TPSA) is 78.0 Å². The van der Waals surface area contributed by atoms with Crippen LogP contribution in [0, 0.1) is 0 Å². The van der Waals surface area contributed by atoms with Crippen molar-refractivity contribution in [2.75, 3.05) is 0 Å². The van der Waals surface area contributed by atoms with Crippen LogP contribution in [0.3, 0.4) is 0 Å². The summed E-state index contributed by atoms with van der Waals surface area (Å²) >= 11 is 0. The van der Waals surface area contributed by atoms with Crippen LogP contribution in [0.25, 0.3) is 0 Å². The first-order valence-corrected chi connectivity index (χ1v) is 6.13. The van der Waals surface area contributed by atoms with Gasteiger partial charge in [-0.25, -0.2) is 18.5 Å². The van der Waals surface area contributed by atoms with Gasteiger partial charge in [0.15, 0.2) is 5.03 Å². The van der Waals surface area contributed by atoms with Gasteiger partial charge in [0.1, 0.15) is 5.82 Å². The molecule has 0 aromatic carbocycles. The third kappa shape index (κ3) is 1.55. The molecule has 2 rings (SSSR count). The van der Waals surface area contributed by atoms with Crippen LogP contribution in [-0.2, 0) is 16.4 Å². The second-order valence-corrected chi connectivity index (χ2v) is 5.20. The van der Waals surface area contributed by atoms with Crippen molar-refractivity contribution in [3.63, 3.8) is 0 Å². The molecule has 1 atom stereocenters. The van der Waals surface area contributed by atoms with Crippen molar-refractivity contribution in [2.45, 2.75) is 37.3 Å². The van der Waals surface area contributed by atoms with Crippen molar-refractivity contribution in [1.29, 1.82) is 0 Å². The molecule has 0 saturated carbocycles. The van der Waals surface area contributed by atoms with Crippen LogP contribution in [0.5, 0.6) is 0 Å². The Kier molecular flexibility index (Phi) is 2.11. The summed E-state index contributed by atoms with van der Waals surface area (Å²) in [6.45, 7) is 2.05. The van der Waals surface area contributed by atoms with E-state index in [0.29, 0.717) is 6.04 Å². The number of nitrogens with zero attached hydrogens (tertiary/aromatic N) is 2. The zero-order valence-electron chi connectivity index (χ0n) is 7.97. The van der Waals surface area contributed by atoms with Gasteiger partial charge in [-0.1, -0.05) is 0 Å². The number of fused-ring (bicyclic) bond motifs is 1. The monoisotopic (exact) mass is 215 g/mol. The highest BCUT2D eigenvalue weighted by atomic mass is 32.2. The van der Waals surface area contributed by atoms with E-state index in [1.807, 2.05) is 4.57 Å². The quantitative estimate of drug-likeness (QED) is 0.737. The van der Waals surface area contributed by atoms with E-state index < -0.39 is 10.0 Å². The predicted octanol–water partition coefficient (Wildman–Crippen LogP) is 0.428.